The van der Waals surface area contributed by atoms with E-state index in [1.54, 1.807) is 13.8 Å². The van der Waals surface area contributed by atoms with Gasteiger partial charge in [-0.1, -0.05) is 37.8 Å². The molecule has 4 heterocycles. The third kappa shape index (κ3) is 7.53. The highest BCUT2D eigenvalue weighted by Gasteiger charge is 2.59. The molecule has 3 aliphatic heterocycles. The lowest BCUT2D eigenvalue weighted by molar-refractivity contribution is -0.144. The summed E-state index contributed by atoms with van der Waals surface area (Å²) in [5, 5.41) is 6.18. The second-order valence-electron chi connectivity index (χ2n) is 17.8. The van der Waals surface area contributed by atoms with Crippen molar-refractivity contribution in [2.75, 3.05) is 13.2 Å². The van der Waals surface area contributed by atoms with Crippen LogP contribution in [0.3, 0.4) is 0 Å². The van der Waals surface area contributed by atoms with Gasteiger partial charge in [0.1, 0.15) is 29.0 Å². The molecule has 8 rings (SSSR count). The van der Waals surface area contributed by atoms with Gasteiger partial charge in [-0.15, -0.1) is 0 Å². The van der Waals surface area contributed by atoms with Crippen LogP contribution in [-0.4, -0.2) is 83.2 Å². The largest absolute Gasteiger partial charge is 0.483 e. The Balaban J connectivity index is 1.13. The van der Waals surface area contributed by atoms with Gasteiger partial charge in [0.05, 0.1) is 29.1 Å². The molecule has 4 amide bonds. The van der Waals surface area contributed by atoms with Gasteiger partial charge < -0.3 is 25.0 Å². The second-order valence-corrected chi connectivity index (χ2v) is 20.0. The van der Waals surface area contributed by atoms with Gasteiger partial charge in [0.2, 0.25) is 21.8 Å². The van der Waals surface area contributed by atoms with Crippen molar-refractivity contribution in [1.82, 2.24) is 25.2 Å². The van der Waals surface area contributed by atoms with Crippen LogP contribution < -0.4 is 20.1 Å². The van der Waals surface area contributed by atoms with Crippen LogP contribution in [0.2, 0.25) is 0 Å². The molecule has 5 atom stereocenters. The highest BCUT2D eigenvalue weighted by molar-refractivity contribution is 7.91. The number of sulfonamides is 1. The number of hydrogen-bond acceptors (Lipinski definition) is 9. The topological polar surface area (TPSA) is 173 Å². The molecule has 0 unspecified atom stereocenters. The number of alkyl carbamates (subject to hydrolysis) is 1. The third-order valence-electron chi connectivity index (χ3n) is 13.7. The number of ether oxygens (including phenoxy) is 2. The van der Waals surface area contributed by atoms with Gasteiger partial charge in [-0.25, -0.2) is 27.0 Å². The Bertz CT molecular complexity index is 2160. The number of rotatable bonds is 6. The van der Waals surface area contributed by atoms with Crippen molar-refractivity contribution in [3.05, 3.63) is 47.2 Å². The smallest absolute Gasteiger partial charge is 0.407 e. The first-order chi connectivity index (χ1) is 27.6. The molecule has 314 valence electrons. The molecule has 58 heavy (non-hydrogen) atoms. The van der Waals surface area contributed by atoms with E-state index in [1.807, 2.05) is 12.2 Å². The van der Waals surface area contributed by atoms with E-state index in [1.165, 1.54) is 4.90 Å². The summed E-state index contributed by atoms with van der Waals surface area (Å²) >= 11 is 0. The fourth-order valence-electron chi connectivity index (χ4n) is 9.61. The minimum absolute atomic E-state index is 0.00664. The van der Waals surface area contributed by atoms with Crippen LogP contribution in [0.25, 0.3) is 10.9 Å². The van der Waals surface area contributed by atoms with Crippen molar-refractivity contribution in [2.45, 2.75) is 145 Å². The number of fused-ring (bicyclic) bond motifs is 5. The molecule has 6 aliphatic rings. The summed E-state index contributed by atoms with van der Waals surface area (Å²) in [6.45, 7) is 3.48. The lowest BCUT2D eigenvalue weighted by Gasteiger charge is -2.48. The molecule has 13 nitrogen and oxygen atoms in total. The Morgan fingerprint density at radius 1 is 1.02 bits per heavy atom. The predicted octanol–water partition coefficient (Wildman–Crippen LogP) is 5.55. The fourth-order valence-corrected chi connectivity index (χ4v) is 10.9. The minimum Gasteiger partial charge on any atom is -0.483 e. The van der Waals surface area contributed by atoms with Gasteiger partial charge in [0, 0.05) is 29.4 Å². The normalized spacial score (nSPS) is 30.4. The van der Waals surface area contributed by atoms with Gasteiger partial charge in [-0.3, -0.25) is 19.1 Å². The molecular weight excluding hydrogens is 773 g/mol. The van der Waals surface area contributed by atoms with Gasteiger partial charge in [0.25, 0.3) is 5.91 Å². The molecule has 3 saturated carbocycles. The number of amides is 4. The van der Waals surface area contributed by atoms with E-state index in [2.05, 4.69) is 20.3 Å². The maximum atomic E-state index is 14.8. The second kappa shape index (κ2) is 15.4. The van der Waals surface area contributed by atoms with E-state index in [-0.39, 0.29) is 37.4 Å². The van der Waals surface area contributed by atoms with E-state index < -0.39 is 79.4 Å². The van der Waals surface area contributed by atoms with Gasteiger partial charge in [-0.05, 0) is 96.5 Å². The predicted molar refractivity (Wildman–Crippen MR) is 209 cm³/mol. The van der Waals surface area contributed by atoms with Crippen LogP contribution in [0, 0.1) is 30.4 Å². The lowest BCUT2D eigenvalue weighted by atomic mass is 9.65. The van der Waals surface area contributed by atoms with E-state index in [0.29, 0.717) is 73.8 Å². The van der Waals surface area contributed by atoms with Crippen molar-refractivity contribution < 1.29 is 45.9 Å². The van der Waals surface area contributed by atoms with Crippen LogP contribution >= 0.6 is 0 Å². The number of nitrogens with one attached hydrogen (secondary N) is 3. The van der Waals surface area contributed by atoms with Gasteiger partial charge in [-0.2, -0.15) is 0 Å². The summed E-state index contributed by atoms with van der Waals surface area (Å²) in [5.74, 6) is -3.85. The summed E-state index contributed by atoms with van der Waals surface area (Å²) in [7, 11) is -4.04. The van der Waals surface area contributed by atoms with Crippen molar-refractivity contribution in [3.63, 3.8) is 0 Å². The van der Waals surface area contributed by atoms with Crippen molar-refractivity contribution in [1.29, 1.82) is 0 Å². The fraction of sp³-hybridized carbons (Fsp3) is 0.643. The molecule has 1 aromatic heterocycles. The first kappa shape index (κ1) is 40.4. The zero-order valence-electron chi connectivity index (χ0n) is 33.2. The number of carbonyl (C=O) groups is 4. The molecule has 1 spiro atoms. The Morgan fingerprint density at radius 2 is 1.76 bits per heavy atom. The number of aryl methyl sites for hydroxylation is 2. The number of allylic oxidation sites excluding steroid dienone is 1. The summed E-state index contributed by atoms with van der Waals surface area (Å²) < 4.78 is 68.9. The molecule has 0 radical (unpaired) electrons. The van der Waals surface area contributed by atoms with Crippen LogP contribution in [0.15, 0.2) is 24.3 Å². The summed E-state index contributed by atoms with van der Waals surface area (Å²) in [6, 6.07) is -0.0475. The van der Waals surface area contributed by atoms with Crippen molar-refractivity contribution >= 4 is 44.7 Å². The Hall–Kier alpha value is -4.34. The number of halogens is 2. The highest BCUT2D eigenvalue weighted by atomic mass is 32.2. The Kier molecular flexibility index (Phi) is 10.7. The van der Waals surface area contributed by atoms with E-state index in [4.69, 9.17) is 9.47 Å². The number of aromatic nitrogens is 1. The summed E-state index contributed by atoms with van der Waals surface area (Å²) in [5.41, 5.74) is -1.36. The molecule has 0 bridgehead atoms. The number of hydrogen-bond donors (Lipinski definition) is 3. The molecule has 4 fully saturated rings. The van der Waals surface area contributed by atoms with Gasteiger partial charge >= 0.3 is 6.09 Å². The third-order valence-corrected chi connectivity index (χ3v) is 15.9. The van der Waals surface area contributed by atoms with E-state index >= 15 is 0 Å². The molecule has 1 aromatic carbocycles. The van der Waals surface area contributed by atoms with Crippen molar-refractivity contribution in [2.24, 2.45) is 11.8 Å². The molecule has 2 aromatic rings. The Labute approximate surface area is 337 Å². The zero-order valence-corrected chi connectivity index (χ0v) is 34.0. The average molecular weight is 826 g/mol. The van der Waals surface area contributed by atoms with Gasteiger partial charge in [0.15, 0.2) is 11.6 Å². The molecule has 3 aliphatic carbocycles. The molecule has 16 heteroatoms. The maximum absolute atomic E-state index is 14.8. The number of benzene rings is 1. The number of nitrogens with zero attached hydrogens (tertiary/aromatic N) is 2. The van der Waals surface area contributed by atoms with E-state index in [9.17, 15) is 36.4 Å². The SMILES string of the molecule is Cc1nc2cc(F)c(F)cc2c2c1O[C@]1(CC2)C[C@H]2C(=O)N[C@]3(C(=O)NS(=O)(=O)C4(C)CC4)CC[C@H]3/C=C\CCCCC[C@H](NC(=O)OCC3CCCC3)C(=O)N2C1. The summed E-state index contributed by atoms with van der Waals surface area (Å²) in [6.07, 6.45) is 12.6. The first-order valence-electron chi connectivity index (χ1n) is 20.9. The maximum Gasteiger partial charge on any atom is 0.407 e. The van der Waals surface area contributed by atoms with Crippen molar-refractivity contribution in [3.8, 4) is 5.75 Å². The Morgan fingerprint density at radius 3 is 2.48 bits per heavy atom. The van der Waals surface area contributed by atoms with Crippen LogP contribution in [0.4, 0.5) is 13.6 Å². The highest BCUT2D eigenvalue weighted by Crippen LogP contribution is 2.47. The van der Waals surface area contributed by atoms with Crippen LogP contribution in [-0.2, 0) is 35.6 Å². The van der Waals surface area contributed by atoms with Crippen LogP contribution in [0.1, 0.15) is 114 Å². The number of pyridine rings is 1. The molecule has 3 N–H and O–H groups in total. The lowest BCUT2D eigenvalue weighted by Crippen LogP contribution is -2.70. The standard InChI is InChI=1S/C42H53F2N5O8S/c1-25-35-28(29-20-30(43)31(44)21-33(29)45-25)15-16-41(57-35)22-34-36(50)47-42(38(52)48-58(54,55)40(2)18-19-40)17-14-27(42)12-6-4-3-5-7-13-32(37(51)49(34)24-41)46-39(53)56-23-26-10-8-9-11-26/h6,12,20-21,26-27,32,34H,3-5,7-11,13-19,22-24H2,1-2H3,(H,46,53)(H,47,50)(H,48,52)/b12-6-/t27-,32+,34+,41-,42-/m1/s1. The van der Waals surface area contributed by atoms with E-state index in [0.717, 1.165) is 50.7 Å². The quantitative estimate of drug-likeness (QED) is 0.316. The number of carbonyl (C=O) groups excluding carboxylic acids is 4. The molecule has 1 saturated heterocycles. The first-order valence-corrected chi connectivity index (χ1v) is 22.4. The van der Waals surface area contributed by atoms with Crippen LogP contribution in [0.5, 0.6) is 5.75 Å². The molecular formula is C42H53F2N5O8S. The summed E-state index contributed by atoms with van der Waals surface area (Å²) in [4.78, 5) is 62.9. The average Bonchev–Trinajstić information content (AvgIpc) is 3.55. The monoisotopic (exact) mass is 825 g/mol. The zero-order chi connectivity index (χ0) is 41.0. The minimum atomic E-state index is -4.04.